The van der Waals surface area contributed by atoms with Gasteiger partial charge in [0.15, 0.2) is 0 Å². The van der Waals surface area contributed by atoms with Crippen molar-refractivity contribution < 1.29 is 4.79 Å². The van der Waals surface area contributed by atoms with E-state index >= 15 is 0 Å². The third-order valence-corrected chi connectivity index (χ3v) is 3.58. The molecule has 1 amide bonds. The molecule has 1 aliphatic rings. The van der Waals surface area contributed by atoms with E-state index < -0.39 is 0 Å². The van der Waals surface area contributed by atoms with Crippen LogP contribution < -0.4 is 5.32 Å². The minimum Gasteiger partial charge on any atom is -0.353 e. The summed E-state index contributed by atoms with van der Waals surface area (Å²) in [6.45, 7) is 13.1. The highest BCUT2D eigenvalue weighted by atomic mass is 16.1. The third-order valence-electron chi connectivity index (χ3n) is 3.58. The van der Waals surface area contributed by atoms with Crippen LogP contribution in [-0.2, 0) is 4.79 Å². The quantitative estimate of drug-likeness (QED) is 0.710. The Kier molecular flexibility index (Phi) is 3.18. The molecule has 0 saturated heterocycles. The van der Waals surface area contributed by atoms with Crippen molar-refractivity contribution in [1.29, 1.82) is 0 Å². The van der Waals surface area contributed by atoms with Gasteiger partial charge in [-0.1, -0.05) is 34.6 Å². The van der Waals surface area contributed by atoms with E-state index in [4.69, 9.17) is 0 Å². The number of rotatable bonds is 1. The summed E-state index contributed by atoms with van der Waals surface area (Å²) in [7, 11) is 0. The van der Waals surface area contributed by atoms with Gasteiger partial charge in [-0.25, -0.2) is 0 Å². The molecule has 0 bridgehead atoms. The Labute approximate surface area is 93.8 Å². The van der Waals surface area contributed by atoms with E-state index in [2.05, 4.69) is 39.9 Å². The van der Waals surface area contributed by atoms with Crippen molar-refractivity contribution in [3.63, 3.8) is 0 Å². The van der Waals surface area contributed by atoms with Crippen molar-refractivity contribution in [2.24, 2.45) is 16.7 Å². The molecule has 15 heavy (non-hydrogen) atoms. The maximum atomic E-state index is 11.2. The first-order valence-corrected chi connectivity index (χ1v) is 5.91. The smallest absolute Gasteiger partial charge is 0.217 e. The topological polar surface area (TPSA) is 29.1 Å². The minimum atomic E-state index is 0.0969. The first kappa shape index (κ1) is 12.5. The molecular formula is C13H25NO. The summed E-state index contributed by atoms with van der Waals surface area (Å²) in [5, 5.41) is 3.12. The Hall–Kier alpha value is -0.530. The Morgan fingerprint density at radius 1 is 1.27 bits per heavy atom. The van der Waals surface area contributed by atoms with E-state index in [-0.39, 0.29) is 11.3 Å². The predicted molar refractivity (Wildman–Crippen MR) is 63.6 cm³/mol. The molecule has 1 aliphatic carbocycles. The fourth-order valence-corrected chi connectivity index (χ4v) is 3.73. The lowest BCUT2D eigenvalue weighted by Crippen LogP contribution is -2.54. The summed E-state index contributed by atoms with van der Waals surface area (Å²) in [5.74, 6) is 0.660. The van der Waals surface area contributed by atoms with Gasteiger partial charge >= 0.3 is 0 Å². The lowest BCUT2D eigenvalue weighted by Gasteiger charge is -2.50. The molecule has 0 aromatic rings. The van der Waals surface area contributed by atoms with Crippen LogP contribution in [0.1, 0.15) is 54.4 Å². The Bertz CT molecular complexity index is 255. The van der Waals surface area contributed by atoms with Gasteiger partial charge in [-0.3, -0.25) is 4.79 Å². The van der Waals surface area contributed by atoms with Crippen molar-refractivity contribution >= 4 is 5.91 Å². The third kappa shape index (κ3) is 2.96. The predicted octanol–water partition coefficient (Wildman–Crippen LogP) is 2.97. The van der Waals surface area contributed by atoms with Crippen LogP contribution in [0.4, 0.5) is 0 Å². The molecule has 2 atom stereocenters. The SMILES string of the molecule is CC(=O)NC1C(C)CC(C)(C)CC1(C)C. The molecule has 1 N–H and O–H groups in total. The van der Waals surface area contributed by atoms with Gasteiger partial charge in [0.05, 0.1) is 0 Å². The van der Waals surface area contributed by atoms with Crippen LogP contribution in [0.25, 0.3) is 0 Å². The van der Waals surface area contributed by atoms with E-state index in [0.29, 0.717) is 17.4 Å². The average Bonchev–Trinajstić information content (AvgIpc) is 1.93. The molecule has 0 radical (unpaired) electrons. The van der Waals surface area contributed by atoms with Crippen LogP contribution in [0.15, 0.2) is 0 Å². The Morgan fingerprint density at radius 2 is 1.80 bits per heavy atom. The van der Waals surface area contributed by atoms with Crippen molar-refractivity contribution in [1.82, 2.24) is 5.32 Å². The van der Waals surface area contributed by atoms with Gasteiger partial charge in [-0.15, -0.1) is 0 Å². The molecule has 2 nitrogen and oxygen atoms in total. The largest absolute Gasteiger partial charge is 0.353 e. The fraction of sp³-hybridized carbons (Fsp3) is 0.923. The molecule has 0 aliphatic heterocycles. The van der Waals surface area contributed by atoms with E-state index in [0.717, 1.165) is 0 Å². The molecule has 88 valence electrons. The zero-order valence-electron chi connectivity index (χ0n) is 11.0. The zero-order valence-corrected chi connectivity index (χ0v) is 11.0. The van der Waals surface area contributed by atoms with Gasteiger partial charge < -0.3 is 5.32 Å². The van der Waals surface area contributed by atoms with Crippen molar-refractivity contribution in [2.45, 2.75) is 60.4 Å². The van der Waals surface area contributed by atoms with E-state index in [1.54, 1.807) is 6.92 Å². The van der Waals surface area contributed by atoms with Crippen molar-refractivity contribution in [3.05, 3.63) is 0 Å². The second-order valence-corrected chi connectivity index (χ2v) is 6.69. The highest BCUT2D eigenvalue weighted by Crippen LogP contribution is 2.48. The summed E-state index contributed by atoms with van der Waals surface area (Å²) in [4.78, 5) is 11.2. The second-order valence-electron chi connectivity index (χ2n) is 6.69. The van der Waals surface area contributed by atoms with Crippen molar-refractivity contribution in [3.8, 4) is 0 Å². The number of nitrogens with one attached hydrogen (secondary N) is 1. The van der Waals surface area contributed by atoms with Crippen LogP contribution in [0, 0.1) is 16.7 Å². The summed E-state index contributed by atoms with van der Waals surface area (Å²) < 4.78 is 0. The van der Waals surface area contributed by atoms with E-state index in [1.807, 2.05) is 0 Å². The number of amides is 1. The molecular weight excluding hydrogens is 186 g/mol. The van der Waals surface area contributed by atoms with Gasteiger partial charge in [-0.05, 0) is 29.6 Å². The van der Waals surface area contributed by atoms with Gasteiger partial charge in [0.1, 0.15) is 0 Å². The van der Waals surface area contributed by atoms with Crippen molar-refractivity contribution in [2.75, 3.05) is 0 Å². The highest BCUT2D eigenvalue weighted by molar-refractivity contribution is 5.73. The standard InChI is InChI=1S/C13H25NO/c1-9-7-12(3,4)8-13(5,6)11(9)14-10(2)15/h9,11H,7-8H2,1-6H3,(H,14,15). The molecule has 1 saturated carbocycles. The molecule has 1 rings (SSSR count). The lowest BCUT2D eigenvalue weighted by atomic mass is 9.59. The molecule has 0 spiro atoms. The first-order chi connectivity index (χ1) is 6.64. The maximum absolute atomic E-state index is 11.2. The first-order valence-electron chi connectivity index (χ1n) is 5.91. The van der Waals surface area contributed by atoms with Crippen LogP contribution in [-0.4, -0.2) is 11.9 Å². The van der Waals surface area contributed by atoms with Gasteiger partial charge in [0, 0.05) is 13.0 Å². The Balaban J connectivity index is 2.84. The molecule has 2 unspecified atom stereocenters. The van der Waals surface area contributed by atoms with E-state index in [1.165, 1.54) is 12.8 Å². The minimum absolute atomic E-state index is 0.0969. The van der Waals surface area contributed by atoms with Gasteiger partial charge in [-0.2, -0.15) is 0 Å². The second kappa shape index (κ2) is 3.80. The molecule has 0 heterocycles. The fourth-order valence-electron chi connectivity index (χ4n) is 3.73. The highest BCUT2D eigenvalue weighted by Gasteiger charge is 2.44. The normalized spacial score (nSPS) is 33.5. The summed E-state index contributed by atoms with van der Waals surface area (Å²) >= 11 is 0. The number of hydrogen-bond donors (Lipinski definition) is 1. The number of hydrogen-bond acceptors (Lipinski definition) is 1. The van der Waals surface area contributed by atoms with E-state index in [9.17, 15) is 4.79 Å². The number of carbonyl (C=O) groups is 1. The molecule has 0 aromatic carbocycles. The van der Waals surface area contributed by atoms with Gasteiger partial charge in [0.25, 0.3) is 0 Å². The molecule has 2 heteroatoms. The molecule has 0 aromatic heterocycles. The average molecular weight is 211 g/mol. The maximum Gasteiger partial charge on any atom is 0.217 e. The monoisotopic (exact) mass is 211 g/mol. The van der Waals surface area contributed by atoms with Gasteiger partial charge in [0.2, 0.25) is 5.91 Å². The van der Waals surface area contributed by atoms with Crippen LogP contribution in [0.3, 0.4) is 0 Å². The molecule has 1 fully saturated rings. The van der Waals surface area contributed by atoms with Crippen LogP contribution >= 0.6 is 0 Å². The summed E-state index contributed by atoms with van der Waals surface area (Å²) in [6.07, 6.45) is 2.37. The van der Waals surface area contributed by atoms with Crippen LogP contribution in [0.5, 0.6) is 0 Å². The summed E-state index contributed by atoms with van der Waals surface area (Å²) in [6, 6.07) is 0.322. The zero-order chi connectivity index (χ0) is 11.9. The Morgan fingerprint density at radius 3 is 2.20 bits per heavy atom. The summed E-state index contributed by atoms with van der Waals surface area (Å²) in [5.41, 5.74) is 0.602. The lowest BCUT2D eigenvalue weighted by molar-refractivity contribution is -0.122. The van der Waals surface area contributed by atoms with Crippen LogP contribution in [0.2, 0.25) is 0 Å². The number of carbonyl (C=O) groups excluding carboxylic acids is 1.